The van der Waals surface area contributed by atoms with Crippen LogP contribution in [0.3, 0.4) is 0 Å². The molecule has 0 spiro atoms. The summed E-state index contributed by atoms with van der Waals surface area (Å²) in [5.41, 5.74) is 1.78. The third kappa shape index (κ3) is 4.41. The molecule has 1 aliphatic rings. The predicted octanol–water partition coefficient (Wildman–Crippen LogP) is 4.11. The molecule has 1 aromatic carbocycles. The van der Waals surface area contributed by atoms with Crippen LogP contribution in [0.5, 0.6) is 0 Å². The Balaban J connectivity index is 1.86. The van der Waals surface area contributed by atoms with E-state index >= 15 is 0 Å². The molecule has 1 N–H and O–H groups in total. The van der Waals surface area contributed by atoms with Crippen molar-refractivity contribution >= 4 is 23.2 Å². The number of thiophene rings is 1. The van der Waals surface area contributed by atoms with Gasteiger partial charge in [-0.05, 0) is 48.3 Å². The maximum absolute atomic E-state index is 12.9. The van der Waals surface area contributed by atoms with Crippen LogP contribution in [0.25, 0.3) is 10.4 Å². The van der Waals surface area contributed by atoms with E-state index in [0.717, 1.165) is 31.4 Å². The van der Waals surface area contributed by atoms with E-state index < -0.39 is 5.41 Å². The SMILES string of the molecule is CCCC(=O)N1CCC[C@@](Cc2cccc(-c3cccs3)c2)(C(=O)NC)C1. The van der Waals surface area contributed by atoms with E-state index in [0.29, 0.717) is 19.4 Å². The standard InChI is InChI=1S/C22H28N2O2S/c1-3-7-20(25)24-12-6-11-22(16-24,21(26)23-2)15-17-8-4-9-18(14-17)19-10-5-13-27-19/h4-5,8-10,13-14H,3,6-7,11-12,15-16H2,1-2H3,(H,23,26)/t22-/m0/s1. The predicted molar refractivity (Wildman–Crippen MR) is 111 cm³/mol. The monoisotopic (exact) mass is 384 g/mol. The largest absolute Gasteiger partial charge is 0.359 e. The minimum Gasteiger partial charge on any atom is -0.359 e. The summed E-state index contributed by atoms with van der Waals surface area (Å²) in [6.45, 7) is 3.28. The van der Waals surface area contributed by atoms with Crippen LogP contribution in [0.4, 0.5) is 0 Å². The minimum absolute atomic E-state index is 0.0398. The second-order valence-corrected chi connectivity index (χ2v) is 8.33. The molecule has 1 saturated heterocycles. The van der Waals surface area contributed by atoms with Gasteiger partial charge in [0.2, 0.25) is 11.8 Å². The topological polar surface area (TPSA) is 49.4 Å². The summed E-state index contributed by atoms with van der Waals surface area (Å²) in [6.07, 6.45) is 3.73. The normalized spacial score (nSPS) is 19.7. The first kappa shape index (κ1) is 19.6. The number of hydrogen-bond acceptors (Lipinski definition) is 3. The second kappa shape index (κ2) is 8.70. The lowest BCUT2D eigenvalue weighted by molar-refractivity contribution is -0.141. The lowest BCUT2D eigenvalue weighted by atomic mass is 9.74. The molecule has 0 unspecified atom stereocenters. The highest BCUT2D eigenvalue weighted by Gasteiger charge is 2.42. The molecule has 2 amide bonds. The molecular weight excluding hydrogens is 356 g/mol. The van der Waals surface area contributed by atoms with Crippen LogP contribution in [0.15, 0.2) is 41.8 Å². The maximum Gasteiger partial charge on any atom is 0.228 e. The van der Waals surface area contributed by atoms with Crippen molar-refractivity contribution < 1.29 is 9.59 Å². The average molecular weight is 385 g/mol. The van der Waals surface area contributed by atoms with Gasteiger partial charge in [0.15, 0.2) is 0 Å². The van der Waals surface area contributed by atoms with Crippen molar-refractivity contribution in [3.8, 4) is 10.4 Å². The van der Waals surface area contributed by atoms with E-state index in [4.69, 9.17) is 0 Å². The van der Waals surface area contributed by atoms with E-state index in [1.165, 1.54) is 10.4 Å². The average Bonchev–Trinajstić information content (AvgIpc) is 3.23. The summed E-state index contributed by atoms with van der Waals surface area (Å²) in [7, 11) is 1.69. The number of amides is 2. The Kier molecular flexibility index (Phi) is 6.32. The number of nitrogens with one attached hydrogen (secondary N) is 1. The molecule has 2 heterocycles. The second-order valence-electron chi connectivity index (χ2n) is 7.38. The quantitative estimate of drug-likeness (QED) is 0.815. The van der Waals surface area contributed by atoms with Crippen molar-refractivity contribution in [3.63, 3.8) is 0 Å². The molecule has 4 nitrogen and oxygen atoms in total. The van der Waals surface area contributed by atoms with Crippen molar-refractivity contribution in [3.05, 3.63) is 47.3 Å². The Hall–Kier alpha value is -2.14. The summed E-state index contributed by atoms with van der Waals surface area (Å²) in [6, 6.07) is 12.6. The van der Waals surface area contributed by atoms with Crippen molar-refractivity contribution in [2.75, 3.05) is 20.1 Å². The van der Waals surface area contributed by atoms with Crippen molar-refractivity contribution in [1.82, 2.24) is 10.2 Å². The van der Waals surface area contributed by atoms with Crippen LogP contribution in [-0.4, -0.2) is 36.9 Å². The third-order valence-corrected chi connectivity index (χ3v) is 6.30. The molecule has 1 atom stereocenters. The molecule has 0 aliphatic carbocycles. The van der Waals surface area contributed by atoms with Gasteiger partial charge in [-0.1, -0.05) is 37.3 Å². The van der Waals surface area contributed by atoms with Crippen LogP contribution in [0.1, 0.15) is 38.2 Å². The number of hydrogen-bond donors (Lipinski definition) is 1. The van der Waals surface area contributed by atoms with Crippen molar-refractivity contribution in [2.45, 2.75) is 39.0 Å². The molecule has 27 heavy (non-hydrogen) atoms. The number of benzene rings is 1. The Bertz CT molecular complexity index is 787. The van der Waals surface area contributed by atoms with Gasteiger partial charge in [0.25, 0.3) is 0 Å². The fourth-order valence-electron chi connectivity index (χ4n) is 4.06. The van der Waals surface area contributed by atoms with Gasteiger partial charge in [0, 0.05) is 31.4 Å². The van der Waals surface area contributed by atoms with Gasteiger partial charge in [-0.15, -0.1) is 11.3 Å². The Morgan fingerprint density at radius 1 is 1.26 bits per heavy atom. The van der Waals surface area contributed by atoms with Crippen molar-refractivity contribution in [2.24, 2.45) is 5.41 Å². The molecule has 1 fully saturated rings. The molecule has 1 aliphatic heterocycles. The summed E-state index contributed by atoms with van der Waals surface area (Å²) in [4.78, 5) is 28.5. The van der Waals surface area contributed by atoms with Crippen LogP contribution in [-0.2, 0) is 16.0 Å². The van der Waals surface area contributed by atoms with Gasteiger partial charge in [0.1, 0.15) is 0 Å². The summed E-state index contributed by atoms with van der Waals surface area (Å²) >= 11 is 1.72. The molecule has 1 aromatic heterocycles. The minimum atomic E-state index is -0.551. The first-order chi connectivity index (χ1) is 13.1. The highest BCUT2D eigenvalue weighted by atomic mass is 32.1. The van der Waals surface area contributed by atoms with E-state index in [9.17, 15) is 9.59 Å². The molecule has 0 radical (unpaired) electrons. The number of carbonyl (C=O) groups is 2. The van der Waals surface area contributed by atoms with Gasteiger partial charge >= 0.3 is 0 Å². The zero-order valence-electron chi connectivity index (χ0n) is 16.2. The van der Waals surface area contributed by atoms with Crippen LogP contribution in [0, 0.1) is 5.41 Å². The van der Waals surface area contributed by atoms with Crippen molar-refractivity contribution in [1.29, 1.82) is 0 Å². The van der Waals surface area contributed by atoms with Crippen LogP contribution >= 0.6 is 11.3 Å². The highest BCUT2D eigenvalue weighted by Crippen LogP contribution is 2.36. The number of rotatable bonds is 6. The fourth-order valence-corrected chi connectivity index (χ4v) is 4.78. The molecule has 2 aromatic rings. The third-order valence-electron chi connectivity index (χ3n) is 5.38. The van der Waals surface area contributed by atoms with Gasteiger partial charge in [0.05, 0.1) is 5.41 Å². The maximum atomic E-state index is 12.9. The first-order valence-electron chi connectivity index (χ1n) is 9.71. The molecule has 3 rings (SSSR count). The molecule has 0 saturated carbocycles. The van der Waals surface area contributed by atoms with Gasteiger partial charge in [-0.25, -0.2) is 0 Å². The molecule has 144 valence electrons. The van der Waals surface area contributed by atoms with E-state index in [1.807, 2.05) is 11.8 Å². The smallest absolute Gasteiger partial charge is 0.228 e. The number of carbonyl (C=O) groups excluding carboxylic acids is 2. The van der Waals surface area contributed by atoms with E-state index in [-0.39, 0.29) is 11.8 Å². The Morgan fingerprint density at radius 2 is 2.11 bits per heavy atom. The first-order valence-corrected chi connectivity index (χ1v) is 10.6. The zero-order chi connectivity index (χ0) is 19.3. The molecule has 5 heteroatoms. The van der Waals surface area contributed by atoms with E-state index in [1.54, 1.807) is 18.4 Å². The fraction of sp³-hybridized carbons (Fsp3) is 0.455. The Morgan fingerprint density at radius 3 is 2.81 bits per heavy atom. The van der Waals surface area contributed by atoms with Gasteiger partial charge in [-0.3, -0.25) is 9.59 Å². The number of nitrogens with zero attached hydrogens (tertiary/aromatic N) is 1. The summed E-state index contributed by atoms with van der Waals surface area (Å²) in [5.74, 6) is 0.204. The van der Waals surface area contributed by atoms with E-state index in [2.05, 4.69) is 47.1 Å². The molecular formula is C22H28N2O2S. The molecule has 0 bridgehead atoms. The number of piperidine rings is 1. The van der Waals surface area contributed by atoms with Gasteiger partial charge in [-0.2, -0.15) is 0 Å². The van der Waals surface area contributed by atoms with Crippen LogP contribution in [0.2, 0.25) is 0 Å². The number of likely N-dealkylation sites (tertiary alicyclic amines) is 1. The Labute approximate surface area is 165 Å². The summed E-state index contributed by atoms with van der Waals surface area (Å²) < 4.78 is 0. The lowest BCUT2D eigenvalue weighted by Gasteiger charge is -2.41. The zero-order valence-corrected chi connectivity index (χ0v) is 17.0. The van der Waals surface area contributed by atoms with Crippen LogP contribution < -0.4 is 5.32 Å². The van der Waals surface area contributed by atoms with Gasteiger partial charge < -0.3 is 10.2 Å². The summed E-state index contributed by atoms with van der Waals surface area (Å²) in [5, 5.41) is 4.93. The lowest BCUT2D eigenvalue weighted by Crippen LogP contribution is -2.53. The highest BCUT2D eigenvalue weighted by molar-refractivity contribution is 7.13.